The van der Waals surface area contributed by atoms with Crippen molar-refractivity contribution in [2.24, 2.45) is 0 Å². The van der Waals surface area contributed by atoms with Gasteiger partial charge in [-0.3, -0.25) is 0 Å². The van der Waals surface area contributed by atoms with E-state index < -0.39 is 0 Å². The van der Waals surface area contributed by atoms with Crippen molar-refractivity contribution in [3.63, 3.8) is 0 Å². The van der Waals surface area contributed by atoms with E-state index in [0.29, 0.717) is 5.92 Å². The van der Waals surface area contributed by atoms with E-state index >= 15 is 0 Å². The summed E-state index contributed by atoms with van der Waals surface area (Å²) < 4.78 is 0. The lowest BCUT2D eigenvalue weighted by molar-refractivity contribution is 0.668. The highest BCUT2D eigenvalue weighted by Gasteiger charge is 2.19. The van der Waals surface area contributed by atoms with Gasteiger partial charge in [0.15, 0.2) is 0 Å². The molecule has 1 saturated carbocycles. The topological polar surface area (TPSA) is 37.8 Å². The SMILES string of the molecule is CCNc1ccnc(C2CCCC2)n1. The fourth-order valence-corrected chi connectivity index (χ4v) is 2.03. The first kappa shape index (κ1) is 9.44. The Kier molecular flexibility index (Phi) is 2.96. The molecule has 0 spiro atoms. The maximum Gasteiger partial charge on any atom is 0.133 e. The molecule has 0 saturated heterocycles. The summed E-state index contributed by atoms with van der Waals surface area (Å²) in [6.07, 6.45) is 7.04. The van der Waals surface area contributed by atoms with Crippen LogP contribution in [-0.2, 0) is 0 Å². The second-order valence-electron chi connectivity index (χ2n) is 3.81. The Morgan fingerprint density at radius 3 is 2.93 bits per heavy atom. The van der Waals surface area contributed by atoms with Gasteiger partial charge >= 0.3 is 0 Å². The van der Waals surface area contributed by atoms with Gasteiger partial charge in [0, 0.05) is 18.7 Å². The van der Waals surface area contributed by atoms with Crippen molar-refractivity contribution in [2.45, 2.75) is 38.5 Å². The summed E-state index contributed by atoms with van der Waals surface area (Å²) >= 11 is 0. The van der Waals surface area contributed by atoms with E-state index in [0.717, 1.165) is 18.2 Å². The molecule has 1 fully saturated rings. The molecule has 0 bridgehead atoms. The summed E-state index contributed by atoms with van der Waals surface area (Å²) in [5.74, 6) is 2.60. The minimum absolute atomic E-state index is 0.605. The molecule has 1 aromatic rings. The molecule has 14 heavy (non-hydrogen) atoms. The first-order chi connectivity index (χ1) is 6.90. The fourth-order valence-electron chi connectivity index (χ4n) is 2.03. The maximum atomic E-state index is 4.52. The Balaban J connectivity index is 2.12. The second kappa shape index (κ2) is 4.40. The number of hydrogen-bond donors (Lipinski definition) is 1. The second-order valence-corrected chi connectivity index (χ2v) is 3.81. The van der Waals surface area contributed by atoms with Crippen molar-refractivity contribution >= 4 is 5.82 Å². The number of nitrogens with one attached hydrogen (secondary N) is 1. The molecule has 0 aromatic carbocycles. The molecule has 1 aliphatic rings. The number of rotatable bonds is 3. The molecule has 1 heterocycles. The van der Waals surface area contributed by atoms with Crippen molar-refractivity contribution in [3.05, 3.63) is 18.1 Å². The Morgan fingerprint density at radius 2 is 2.21 bits per heavy atom. The molecular formula is C11H17N3. The zero-order valence-corrected chi connectivity index (χ0v) is 8.66. The van der Waals surface area contributed by atoms with Gasteiger partial charge in [0.1, 0.15) is 11.6 Å². The van der Waals surface area contributed by atoms with Gasteiger partial charge in [-0.25, -0.2) is 9.97 Å². The highest BCUT2D eigenvalue weighted by Crippen LogP contribution is 2.32. The van der Waals surface area contributed by atoms with Crippen LogP contribution in [0.2, 0.25) is 0 Å². The van der Waals surface area contributed by atoms with Gasteiger partial charge in [0.25, 0.3) is 0 Å². The van der Waals surface area contributed by atoms with Crippen LogP contribution in [0.3, 0.4) is 0 Å². The van der Waals surface area contributed by atoms with Crippen LogP contribution in [0.5, 0.6) is 0 Å². The summed E-state index contributed by atoms with van der Waals surface area (Å²) in [7, 11) is 0. The summed E-state index contributed by atoms with van der Waals surface area (Å²) in [6, 6.07) is 1.93. The Labute approximate surface area is 85.0 Å². The van der Waals surface area contributed by atoms with E-state index in [1.165, 1.54) is 25.7 Å². The van der Waals surface area contributed by atoms with E-state index in [4.69, 9.17) is 0 Å². The highest BCUT2D eigenvalue weighted by atomic mass is 15.0. The Bertz CT molecular complexity index is 292. The van der Waals surface area contributed by atoms with Crippen LogP contribution in [0.4, 0.5) is 5.82 Å². The molecule has 3 nitrogen and oxygen atoms in total. The van der Waals surface area contributed by atoms with Gasteiger partial charge in [-0.05, 0) is 25.8 Å². The van der Waals surface area contributed by atoms with Gasteiger partial charge < -0.3 is 5.32 Å². The molecule has 3 heteroatoms. The van der Waals surface area contributed by atoms with E-state index in [1.807, 2.05) is 12.3 Å². The Morgan fingerprint density at radius 1 is 1.43 bits per heavy atom. The molecule has 1 aromatic heterocycles. The molecule has 2 rings (SSSR count). The first-order valence-corrected chi connectivity index (χ1v) is 5.47. The minimum Gasteiger partial charge on any atom is -0.370 e. The zero-order chi connectivity index (χ0) is 9.80. The van der Waals surface area contributed by atoms with Crippen LogP contribution in [0.15, 0.2) is 12.3 Å². The predicted octanol–water partition coefficient (Wildman–Crippen LogP) is 2.57. The molecule has 0 atom stereocenters. The largest absolute Gasteiger partial charge is 0.370 e. The summed E-state index contributed by atoms with van der Waals surface area (Å²) in [5, 5.41) is 3.22. The van der Waals surface area contributed by atoms with Crippen LogP contribution in [0, 0.1) is 0 Å². The van der Waals surface area contributed by atoms with Crippen molar-refractivity contribution in [2.75, 3.05) is 11.9 Å². The third-order valence-corrected chi connectivity index (χ3v) is 2.75. The van der Waals surface area contributed by atoms with Crippen LogP contribution in [0.25, 0.3) is 0 Å². The van der Waals surface area contributed by atoms with Gasteiger partial charge in [-0.2, -0.15) is 0 Å². The van der Waals surface area contributed by atoms with Gasteiger partial charge in [-0.1, -0.05) is 12.8 Å². The van der Waals surface area contributed by atoms with Gasteiger partial charge in [-0.15, -0.1) is 0 Å². The average Bonchev–Trinajstić information content (AvgIpc) is 2.71. The molecule has 1 aliphatic carbocycles. The Hall–Kier alpha value is -1.12. The number of anilines is 1. The van der Waals surface area contributed by atoms with Crippen molar-refractivity contribution in [1.82, 2.24) is 9.97 Å². The summed E-state index contributed by atoms with van der Waals surface area (Å²) in [4.78, 5) is 8.87. The van der Waals surface area contributed by atoms with E-state index in [1.54, 1.807) is 0 Å². The summed E-state index contributed by atoms with van der Waals surface area (Å²) in [6.45, 7) is 3.00. The smallest absolute Gasteiger partial charge is 0.133 e. The third kappa shape index (κ3) is 2.03. The lowest BCUT2D eigenvalue weighted by atomic mass is 10.1. The quantitative estimate of drug-likeness (QED) is 0.798. The fraction of sp³-hybridized carbons (Fsp3) is 0.636. The van der Waals surface area contributed by atoms with Crippen LogP contribution < -0.4 is 5.32 Å². The molecule has 0 amide bonds. The maximum absolute atomic E-state index is 4.52. The average molecular weight is 191 g/mol. The third-order valence-electron chi connectivity index (χ3n) is 2.75. The van der Waals surface area contributed by atoms with Gasteiger partial charge in [0.05, 0.1) is 0 Å². The first-order valence-electron chi connectivity index (χ1n) is 5.47. The lowest BCUT2D eigenvalue weighted by Crippen LogP contribution is -2.05. The molecular weight excluding hydrogens is 174 g/mol. The minimum atomic E-state index is 0.605. The van der Waals surface area contributed by atoms with Crippen LogP contribution in [-0.4, -0.2) is 16.5 Å². The number of aromatic nitrogens is 2. The highest BCUT2D eigenvalue weighted by molar-refractivity contribution is 5.33. The van der Waals surface area contributed by atoms with Gasteiger partial charge in [0.2, 0.25) is 0 Å². The van der Waals surface area contributed by atoms with Crippen molar-refractivity contribution in [3.8, 4) is 0 Å². The molecule has 76 valence electrons. The van der Waals surface area contributed by atoms with Crippen molar-refractivity contribution < 1.29 is 0 Å². The van der Waals surface area contributed by atoms with Crippen LogP contribution in [0.1, 0.15) is 44.3 Å². The summed E-state index contributed by atoms with van der Waals surface area (Å²) in [5.41, 5.74) is 0. The van der Waals surface area contributed by atoms with E-state index in [2.05, 4.69) is 22.2 Å². The van der Waals surface area contributed by atoms with Crippen LogP contribution >= 0.6 is 0 Å². The van der Waals surface area contributed by atoms with E-state index in [-0.39, 0.29) is 0 Å². The normalized spacial score (nSPS) is 17.2. The molecule has 0 aliphatic heterocycles. The van der Waals surface area contributed by atoms with E-state index in [9.17, 15) is 0 Å². The molecule has 0 unspecified atom stereocenters. The predicted molar refractivity (Wildman–Crippen MR) is 57.4 cm³/mol. The zero-order valence-electron chi connectivity index (χ0n) is 8.66. The molecule has 0 radical (unpaired) electrons. The number of nitrogens with zero attached hydrogens (tertiary/aromatic N) is 2. The molecule has 1 N–H and O–H groups in total. The monoisotopic (exact) mass is 191 g/mol. The lowest BCUT2D eigenvalue weighted by Gasteiger charge is -2.08. The standard InChI is InChI=1S/C11H17N3/c1-2-12-10-7-8-13-11(14-10)9-5-3-4-6-9/h7-9H,2-6H2,1H3,(H,12,13,14). The van der Waals surface area contributed by atoms with Crippen molar-refractivity contribution in [1.29, 1.82) is 0 Å². The number of hydrogen-bond acceptors (Lipinski definition) is 3.